The van der Waals surface area contributed by atoms with Crippen molar-refractivity contribution in [3.05, 3.63) is 29.8 Å². The summed E-state index contributed by atoms with van der Waals surface area (Å²) in [6.07, 6.45) is 2.24. The van der Waals surface area contributed by atoms with Gasteiger partial charge in [0.25, 0.3) is 0 Å². The SMILES string of the molecule is COc1ccccc1[C@H](C)NC(=O)CCCCN. The van der Waals surface area contributed by atoms with E-state index in [1.165, 1.54) is 0 Å². The molecule has 0 spiro atoms. The first-order valence-electron chi connectivity index (χ1n) is 6.31. The fraction of sp³-hybridized carbons (Fsp3) is 0.500. The molecule has 4 heteroatoms. The molecule has 0 saturated heterocycles. The van der Waals surface area contributed by atoms with Crippen molar-refractivity contribution in [2.45, 2.75) is 32.2 Å². The van der Waals surface area contributed by atoms with Gasteiger partial charge in [-0.15, -0.1) is 0 Å². The fourth-order valence-corrected chi connectivity index (χ4v) is 1.85. The molecule has 1 atom stereocenters. The zero-order valence-electron chi connectivity index (χ0n) is 11.1. The molecule has 0 unspecified atom stereocenters. The van der Waals surface area contributed by atoms with Gasteiger partial charge in [0.05, 0.1) is 13.2 Å². The molecule has 100 valence electrons. The van der Waals surface area contributed by atoms with Crippen LogP contribution in [0.2, 0.25) is 0 Å². The summed E-state index contributed by atoms with van der Waals surface area (Å²) in [6, 6.07) is 7.66. The van der Waals surface area contributed by atoms with Gasteiger partial charge in [0.2, 0.25) is 5.91 Å². The lowest BCUT2D eigenvalue weighted by molar-refractivity contribution is -0.121. The lowest BCUT2D eigenvalue weighted by Crippen LogP contribution is -2.26. The Morgan fingerprint density at radius 1 is 1.39 bits per heavy atom. The van der Waals surface area contributed by atoms with Gasteiger partial charge in [-0.05, 0) is 32.4 Å². The van der Waals surface area contributed by atoms with Crippen molar-refractivity contribution in [3.8, 4) is 5.75 Å². The van der Waals surface area contributed by atoms with E-state index in [-0.39, 0.29) is 11.9 Å². The third-order valence-corrected chi connectivity index (χ3v) is 2.84. The highest BCUT2D eigenvalue weighted by molar-refractivity contribution is 5.76. The summed E-state index contributed by atoms with van der Waals surface area (Å²) in [7, 11) is 1.63. The summed E-state index contributed by atoms with van der Waals surface area (Å²) < 4.78 is 5.28. The monoisotopic (exact) mass is 250 g/mol. The van der Waals surface area contributed by atoms with Crippen LogP contribution >= 0.6 is 0 Å². The Balaban J connectivity index is 2.53. The number of carbonyl (C=O) groups excluding carboxylic acids is 1. The summed E-state index contributed by atoms with van der Waals surface area (Å²) in [5.74, 6) is 0.856. The minimum atomic E-state index is -0.0495. The highest BCUT2D eigenvalue weighted by Gasteiger charge is 2.12. The number of methoxy groups -OCH3 is 1. The van der Waals surface area contributed by atoms with Gasteiger partial charge in [-0.25, -0.2) is 0 Å². The summed E-state index contributed by atoms with van der Waals surface area (Å²) >= 11 is 0. The van der Waals surface area contributed by atoms with E-state index in [2.05, 4.69) is 5.32 Å². The summed E-state index contributed by atoms with van der Waals surface area (Å²) in [5.41, 5.74) is 6.39. The van der Waals surface area contributed by atoms with Crippen LogP contribution in [-0.4, -0.2) is 19.6 Å². The molecule has 0 bridgehead atoms. The van der Waals surface area contributed by atoms with Crippen LogP contribution < -0.4 is 15.8 Å². The molecule has 0 heterocycles. The smallest absolute Gasteiger partial charge is 0.220 e. The molecular formula is C14H22N2O2. The number of unbranched alkanes of at least 4 members (excludes halogenated alkanes) is 1. The van der Waals surface area contributed by atoms with Crippen LogP contribution in [0, 0.1) is 0 Å². The number of nitrogens with two attached hydrogens (primary N) is 1. The Labute approximate surface area is 109 Å². The zero-order chi connectivity index (χ0) is 13.4. The van der Waals surface area contributed by atoms with Gasteiger partial charge in [-0.3, -0.25) is 4.79 Å². The van der Waals surface area contributed by atoms with Gasteiger partial charge >= 0.3 is 0 Å². The van der Waals surface area contributed by atoms with E-state index in [1.54, 1.807) is 7.11 Å². The van der Waals surface area contributed by atoms with Crippen molar-refractivity contribution in [2.75, 3.05) is 13.7 Å². The average molecular weight is 250 g/mol. The molecule has 1 rings (SSSR count). The lowest BCUT2D eigenvalue weighted by atomic mass is 10.1. The normalized spacial score (nSPS) is 11.9. The van der Waals surface area contributed by atoms with Crippen LogP contribution in [0.5, 0.6) is 5.75 Å². The molecule has 0 aromatic heterocycles. The molecule has 0 saturated carbocycles. The molecule has 0 radical (unpaired) electrons. The van der Waals surface area contributed by atoms with Crippen LogP contribution in [0.25, 0.3) is 0 Å². The fourth-order valence-electron chi connectivity index (χ4n) is 1.85. The largest absolute Gasteiger partial charge is 0.496 e. The van der Waals surface area contributed by atoms with Crippen LogP contribution in [-0.2, 0) is 4.79 Å². The maximum Gasteiger partial charge on any atom is 0.220 e. The van der Waals surface area contributed by atoms with Crippen molar-refractivity contribution < 1.29 is 9.53 Å². The van der Waals surface area contributed by atoms with Crippen molar-refractivity contribution in [3.63, 3.8) is 0 Å². The van der Waals surface area contributed by atoms with E-state index < -0.39 is 0 Å². The van der Waals surface area contributed by atoms with Crippen LogP contribution in [0.4, 0.5) is 0 Å². The third-order valence-electron chi connectivity index (χ3n) is 2.84. The van der Waals surface area contributed by atoms with Crippen molar-refractivity contribution in [1.29, 1.82) is 0 Å². The molecular weight excluding hydrogens is 228 g/mol. The van der Waals surface area contributed by atoms with E-state index >= 15 is 0 Å². The van der Waals surface area contributed by atoms with Gasteiger partial charge in [0, 0.05) is 12.0 Å². The Hall–Kier alpha value is -1.55. The van der Waals surface area contributed by atoms with Gasteiger partial charge in [0.15, 0.2) is 0 Å². The lowest BCUT2D eigenvalue weighted by Gasteiger charge is -2.17. The Morgan fingerprint density at radius 2 is 2.11 bits per heavy atom. The van der Waals surface area contributed by atoms with E-state index in [4.69, 9.17) is 10.5 Å². The minimum absolute atomic E-state index is 0.0495. The second-order valence-corrected chi connectivity index (χ2v) is 4.28. The standard InChI is InChI=1S/C14H22N2O2/c1-11(16-14(17)9-5-6-10-15)12-7-3-4-8-13(12)18-2/h3-4,7-8,11H,5-6,9-10,15H2,1-2H3,(H,16,17)/t11-/m0/s1. The van der Waals surface area contributed by atoms with E-state index in [0.29, 0.717) is 13.0 Å². The minimum Gasteiger partial charge on any atom is -0.496 e. The molecule has 1 aromatic rings. The van der Waals surface area contributed by atoms with Gasteiger partial charge < -0.3 is 15.8 Å². The Bertz CT molecular complexity index is 380. The highest BCUT2D eigenvalue weighted by atomic mass is 16.5. The van der Waals surface area contributed by atoms with Gasteiger partial charge in [-0.2, -0.15) is 0 Å². The summed E-state index contributed by atoms with van der Waals surface area (Å²) in [4.78, 5) is 11.7. The molecule has 1 aromatic carbocycles. The average Bonchev–Trinajstić information content (AvgIpc) is 2.39. The molecule has 0 aliphatic rings. The zero-order valence-corrected chi connectivity index (χ0v) is 11.1. The molecule has 0 aliphatic carbocycles. The van der Waals surface area contributed by atoms with Gasteiger partial charge in [-0.1, -0.05) is 18.2 Å². The maximum absolute atomic E-state index is 11.7. The highest BCUT2D eigenvalue weighted by Crippen LogP contribution is 2.24. The second kappa shape index (κ2) is 7.71. The van der Waals surface area contributed by atoms with Gasteiger partial charge in [0.1, 0.15) is 5.75 Å². The van der Waals surface area contributed by atoms with Crippen LogP contribution in [0.3, 0.4) is 0 Å². The van der Waals surface area contributed by atoms with E-state index in [1.807, 2.05) is 31.2 Å². The van der Waals surface area contributed by atoms with Crippen LogP contribution in [0.15, 0.2) is 24.3 Å². The first kappa shape index (κ1) is 14.5. The van der Waals surface area contributed by atoms with E-state index in [9.17, 15) is 4.79 Å². The number of para-hydroxylation sites is 1. The maximum atomic E-state index is 11.7. The summed E-state index contributed by atoms with van der Waals surface area (Å²) in [6.45, 7) is 2.59. The molecule has 0 fully saturated rings. The topological polar surface area (TPSA) is 64.3 Å². The predicted octanol–water partition coefficient (Wildman–Crippen LogP) is 2.00. The Morgan fingerprint density at radius 3 is 2.78 bits per heavy atom. The predicted molar refractivity (Wildman–Crippen MR) is 72.5 cm³/mol. The molecule has 18 heavy (non-hydrogen) atoms. The molecule has 0 aliphatic heterocycles. The quantitative estimate of drug-likeness (QED) is 0.727. The number of amides is 1. The summed E-state index contributed by atoms with van der Waals surface area (Å²) in [5, 5.41) is 2.97. The number of ether oxygens (including phenoxy) is 1. The number of nitrogens with one attached hydrogen (secondary N) is 1. The Kier molecular flexibility index (Phi) is 6.22. The number of hydrogen-bond acceptors (Lipinski definition) is 3. The number of benzene rings is 1. The number of rotatable bonds is 7. The van der Waals surface area contributed by atoms with Crippen molar-refractivity contribution in [2.24, 2.45) is 5.73 Å². The van der Waals surface area contributed by atoms with Crippen molar-refractivity contribution in [1.82, 2.24) is 5.32 Å². The first-order chi connectivity index (χ1) is 8.69. The van der Waals surface area contributed by atoms with E-state index in [0.717, 1.165) is 24.2 Å². The van der Waals surface area contributed by atoms with Crippen molar-refractivity contribution >= 4 is 5.91 Å². The second-order valence-electron chi connectivity index (χ2n) is 4.28. The van der Waals surface area contributed by atoms with Crippen LogP contribution in [0.1, 0.15) is 37.8 Å². The first-order valence-corrected chi connectivity index (χ1v) is 6.31. The number of hydrogen-bond donors (Lipinski definition) is 2. The third kappa shape index (κ3) is 4.37. The molecule has 1 amide bonds. The number of carbonyl (C=O) groups is 1. The molecule has 3 N–H and O–H groups in total. The molecule has 4 nitrogen and oxygen atoms in total.